The number of hydrogen-bond donors (Lipinski definition) is 2. The molecule has 0 spiro atoms. The van der Waals surface area contributed by atoms with Crippen LogP contribution in [0.1, 0.15) is 37.6 Å². The van der Waals surface area contributed by atoms with Gasteiger partial charge in [0.2, 0.25) is 0 Å². The number of ether oxygens (including phenoxy) is 1. The first kappa shape index (κ1) is 20.1. The summed E-state index contributed by atoms with van der Waals surface area (Å²) in [6.45, 7) is 3.56. The van der Waals surface area contributed by atoms with Crippen LogP contribution < -0.4 is 10.6 Å². The number of imide groups is 1. The average Bonchev–Trinajstić information content (AvgIpc) is 2.84. The van der Waals surface area contributed by atoms with Crippen molar-refractivity contribution in [2.45, 2.75) is 32.7 Å². The minimum absolute atomic E-state index is 0.148. The zero-order valence-corrected chi connectivity index (χ0v) is 15.3. The lowest BCUT2D eigenvalue weighted by Gasteiger charge is -2.18. The molecule has 0 radical (unpaired) electrons. The quantitative estimate of drug-likeness (QED) is 0.418. The van der Waals surface area contributed by atoms with Crippen molar-refractivity contribution >= 4 is 35.3 Å². The Morgan fingerprint density at radius 3 is 2.56 bits per heavy atom. The molecule has 0 saturated carbocycles. The molecular formula is C18H21N3O6. The van der Waals surface area contributed by atoms with Crippen LogP contribution >= 0.6 is 0 Å². The number of nitrogens with one attached hydrogen (secondary N) is 2. The van der Waals surface area contributed by atoms with Crippen molar-refractivity contribution in [2.24, 2.45) is 0 Å². The van der Waals surface area contributed by atoms with Gasteiger partial charge >= 0.3 is 12.0 Å². The molecule has 0 aliphatic carbocycles. The maximum Gasteiger partial charge on any atom is 0.326 e. The Hall–Kier alpha value is -3.23. The van der Waals surface area contributed by atoms with Gasteiger partial charge in [-0.1, -0.05) is 19.1 Å². The van der Waals surface area contributed by atoms with Crippen molar-refractivity contribution in [1.29, 1.82) is 0 Å². The summed E-state index contributed by atoms with van der Waals surface area (Å²) in [4.78, 5) is 59.9. The third kappa shape index (κ3) is 4.69. The Labute approximate surface area is 156 Å². The van der Waals surface area contributed by atoms with E-state index in [9.17, 15) is 24.0 Å². The van der Waals surface area contributed by atoms with Gasteiger partial charge in [0.25, 0.3) is 11.8 Å². The lowest BCUT2D eigenvalue weighted by atomic mass is 9.99. The van der Waals surface area contributed by atoms with Gasteiger partial charge in [0.15, 0.2) is 12.4 Å². The van der Waals surface area contributed by atoms with Crippen molar-refractivity contribution in [2.75, 3.05) is 18.5 Å². The molecule has 1 aromatic rings. The van der Waals surface area contributed by atoms with Crippen molar-refractivity contribution in [3.8, 4) is 0 Å². The van der Waals surface area contributed by atoms with Crippen molar-refractivity contribution in [1.82, 2.24) is 10.2 Å². The molecule has 2 rings (SSSR count). The Morgan fingerprint density at radius 2 is 1.96 bits per heavy atom. The van der Waals surface area contributed by atoms with Crippen LogP contribution in [0.4, 0.5) is 10.5 Å². The van der Waals surface area contributed by atoms with Crippen LogP contribution in [0.5, 0.6) is 0 Å². The topological polar surface area (TPSA) is 122 Å². The predicted octanol–water partition coefficient (Wildman–Crippen LogP) is 1.09. The number of Topliss-reactive ketones (excluding diaryl/α,β-unsaturated/α-hetero) is 1. The molecule has 1 atom stereocenters. The highest BCUT2D eigenvalue weighted by molar-refractivity contribution is 6.08. The monoisotopic (exact) mass is 375 g/mol. The molecule has 0 aromatic heterocycles. The Morgan fingerprint density at radius 1 is 1.26 bits per heavy atom. The highest BCUT2D eigenvalue weighted by atomic mass is 16.5. The van der Waals surface area contributed by atoms with E-state index < -0.39 is 42.5 Å². The van der Waals surface area contributed by atoms with Gasteiger partial charge < -0.3 is 15.4 Å². The smallest absolute Gasteiger partial charge is 0.326 e. The summed E-state index contributed by atoms with van der Waals surface area (Å²) in [5.41, 5.74) is -0.227. The van der Waals surface area contributed by atoms with Gasteiger partial charge in [-0.25, -0.2) is 4.79 Å². The van der Waals surface area contributed by atoms with E-state index in [0.29, 0.717) is 17.7 Å². The van der Waals surface area contributed by atoms with Gasteiger partial charge in [-0.05, 0) is 32.4 Å². The second kappa shape index (κ2) is 7.98. The maximum absolute atomic E-state index is 12.2. The largest absolute Gasteiger partial charge is 0.454 e. The molecule has 1 saturated heterocycles. The standard InChI is InChI=1S/C18H21N3O6/c1-4-18(3)16(25)21(17(26)20-18)9-15(24)27-10-14(23)19-13-7-5-6-12(8-13)11(2)22/h5-8H,4,9-10H2,1-3H3,(H,19,23)(H,20,26)/t18-/m0/s1. The molecule has 1 aromatic carbocycles. The van der Waals surface area contributed by atoms with E-state index in [1.165, 1.54) is 13.0 Å². The fourth-order valence-corrected chi connectivity index (χ4v) is 2.46. The van der Waals surface area contributed by atoms with Gasteiger partial charge in [0.05, 0.1) is 0 Å². The number of urea groups is 1. The summed E-state index contributed by atoms with van der Waals surface area (Å²) in [5.74, 6) is -2.16. The second-order valence-corrected chi connectivity index (χ2v) is 6.35. The molecule has 0 bridgehead atoms. The highest BCUT2D eigenvalue weighted by Gasteiger charge is 2.47. The molecular weight excluding hydrogens is 354 g/mol. The van der Waals surface area contributed by atoms with E-state index in [1.807, 2.05) is 0 Å². The van der Waals surface area contributed by atoms with Crippen LogP contribution in [0, 0.1) is 0 Å². The van der Waals surface area contributed by atoms with E-state index >= 15 is 0 Å². The molecule has 0 unspecified atom stereocenters. The first-order chi connectivity index (χ1) is 12.7. The van der Waals surface area contributed by atoms with Gasteiger partial charge in [-0.3, -0.25) is 24.1 Å². The van der Waals surface area contributed by atoms with Crippen LogP contribution in [0.2, 0.25) is 0 Å². The van der Waals surface area contributed by atoms with Gasteiger partial charge in [0.1, 0.15) is 12.1 Å². The third-order valence-corrected chi connectivity index (χ3v) is 4.26. The van der Waals surface area contributed by atoms with Crippen LogP contribution in [-0.2, 0) is 19.1 Å². The minimum Gasteiger partial charge on any atom is -0.454 e. The molecule has 27 heavy (non-hydrogen) atoms. The van der Waals surface area contributed by atoms with E-state index in [-0.39, 0.29) is 5.78 Å². The lowest BCUT2D eigenvalue weighted by Crippen LogP contribution is -2.43. The zero-order chi connectivity index (χ0) is 20.2. The Balaban J connectivity index is 1.86. The first-order valence-electron chi connectivity index (χ1n) is 8.37. The number of rotatable bonds is 7. The third-order valence-electron chi connectivity index (χ3n) is 4.26. The molecule has 1 aliphatic rings. The number of nitrogens with zero attached hydrogens (tertiary/aromatic N) is 1. The Bertz CT molecular complexity index is 806. The number of esters is 1. The molecule has 9 heteroatoms. The number of carbonyl (C=O) groups excluding carboxylic acids is 5. The maximum atomic E-state index is 12.2. The van der Waals surface area contributed by atoms with Gasteiger partial charge in [0, 0.05) is 11.3 Å². The number of benzene rings is 1. The summed E-state index contributed by atoms with van der Waals surface area (Å²) in [7, 11) is 0. The number of hydrogen-bond acceptors (Lipinski definition) is 6. The van der Waals surface area contributed by atoms with Crippen molar-refractivity contribution < 1.29 is 28.7 Å². The summed E-state index contributed by atoms with van der Waals surface area (Å²) < 4.78 is 4.82. The molecule has 1 heterocycles. The fourth-order valence-electron chi connectivity index (χ4n) is 2.46. The van der Waals surface area contributed by atoms with Crippen LogP contribution in [0.3, 0.4) is 0 Å². The van der Waals surface area contributed by atoms with Crippen molar-refractivity contribution in [3.63, 3.8) is 0 Å². The van der Waals surface area contributed by atoms with Crippen LogP contribution in [0.15, 0.2) is 24.3 Å². The van der Waals surface area contributed by atoms with E-state index in [1.54, 1.807) is 32.0 Å². The fraction of sp³-hybridized carbons (Fsp3) is 0.389. The van der Waals surface area contributed by atoms with Gasteiger partial charge in [-0.15, -0.1) is 0 Å². The predicted molar refractivity (Wildman–Crippen MR) is 95.0 cm³/mol. The zero-order valence-electron chi connectivity index (χ0n) is 15.3. The van der Waals surface area contributed by atoms with Gasteiger partial charge in [-0.2, -0.15) is 0 Å². The highest BCUT2D eigenvalue weighted by Crippen LogP contribution is 2.20. The van der Waals surface area contributed by atoms with Crippen LogP contribution in [0.25, 0.3) is 0 Å². The first-order valence-corrected chi connectivity index (χ1v) is 8.37. The number of anilines is 1. The molecule has 144 valence electrons. The summed E-state index contributed by atoms with van der Waals surface area (Å²) in [6, 6.07) is 5.64. The SMILES string of the molecule is CC[C@]1(C)NC(=O)N(CC(=O)OCC(=O)Nc2cccc(C(C)=O)c2)C1=O. The molecule has 9 nitrogen and oxygen atoms in total. The van der Waals surface area contributed by atoms with E-state index in [2.05, 4.69) is 10.6 Å². The lowest BCUT2D eigenvalue weighted by molar-refractivity contribution is -0.150. The normalized spacial score (nSPS) is 18.9. The second-order valence-electron chi connectivity index (χ2n) is 6.35. The molecule has 2 N–H and O–H groups in total. The summed E-state index contributed by atoms with van der Waals surface area (Å²) in [5, 5.41) is 5.02. The van der Waals surface area contributed by atoms with E-state index in [0.717, 1.165) is 4.90 Å². The molecule has 1 fully saturated rings. The van der Waals surface area contributed by atoms with Crippen LogP contribution in [-0.4, -0.2) is 53.2 Å². The average molecular weight is 375 g/mol. The summed E-state index contributed by atoms with van der Waals surface area (Å²) in [6.07, 6.45) is 0.380. The molecule has 4 amide bonds. The Kier molecular flexibility index (Phi) is 5.94. The molecule has 1 aliphatic heterocycles. The number of carbonyl (C=O) groups is 5. The summed E-state index contributed by atoms with van der Waals surface area (Å²) >= 11 is 0. The van der Waals surface area contributed by atoms with E-state index in [4.69, 9.17) is 4.74 Å². The number of ketones is 1. The minimum atomic E-state index is -1.05. The number of amides is 4. The van der Waals surface area contributed by atoms with Crippen molar-refractivity contribution in [3.05, 3.63) is 29.8 Å².